The number of aromatic carboxylic acids is 1. The monoisotopic (exact) mass is 490 g/mol. The Morgan fingerprint density at radius 1 is 1.09 bits per heavy atom. The molecule has 4 aromatic rings. The highest BCUT2D eigenvalue weighted by Crippen LogP contribution is 2.32. The molecule has 0 atom stereocenters. The Kier molecular flexibility index (Phi) is 6.35. The summed E-state index contributed by atoms with van der Waals surface area (Å²) in [5.41, 5.74) is 1.47. The number of ether oxygens (including phenoxy) is 1. The number of carboxylic acids is 1. The smallest absolute Gasteiger partial charge is 0.359 e. The molecular weight excluding hydrogens is 475 g/mol. The highest BCUT2D eigenvalue weighted by molar-refractivity contribution is 7.99. The number of hydrogen-bond donors (Lipinski definition) is 1. The first-order valence-electron chi connectivity index (χ1n) is 9.19. The summed E-state index contributed by atoms with van der Waals surface area (Å²) in [6.07, 6.45) is 0. The second-order valence-corrected chi connectivity index (χ2v) is 8.42. The lowest BCUT2D eigenvalue weighted by atomic mass is 10.2. The molecule has 0 bridgehead atoms. The number of halogens is 2. The molecule has 2 heterocycles. The van der Waals surface area contributed by atoms with Crippen molar-refractivity contribution in [2.75, 3.05) is 7.11 Å². The van der Waals surface area contributed by atoms with Crippen LogP contribution < -0.4 is 4.74 Å². The van der Waals surface area contributed by atoms with Gasteiger partial charge in [0.1, 0.15) is 10.8 Å². The van der Waals surface area contributed by atoms with Crippen molar-refractivity contribution in [3.8, 4) is 17.1 Å². The van der Waals surface area contributed by atoms with Gasteiger partial charge in [0.15, 0.2) is 11.0 Å². The van der Waals surface area contributed by atoms with E-state index < -0.39 is 5.97 Å². The predicted octanol–water partition coefficient (Wildman–Crippen LogP) is 4.29. The summed E-state index contributed by atoms with van der Waals surface area (Å²) < 4.78 is 8.43. The molecule has 0 unspecified atom stereocenters. The molecule has 164 valence electrons. The van der Waals surface area contributed by atoms with Crippen LogP contribution in [0.3, 0.4) is 0 Å². The first kappa shape index (κ1) is 22.1. The number of carboxylic acid groups (broad SMARTS) is 1. The quantitative estimate of drug-likeness (QED) is 0.408. The van der Waals surface area contributed by atoms with E-state index in [1.54, 1.807) is 36.9 Å². The Morgan fingerprint density at radius 2 is 1.84 bits per heavy atom. The van der Waals surface area contributed by atoms with E-state index >= 15 is 0 Å². The maximum atomic E-state index is 11.7. The lowest BCUT2D eigenvalue weighted by Gasteiger charge is -2.08. The van der Waals surface area contributed by atoms with Gasteiger partial charge in [-0.25, -0.2) is 9.48 Å². The van der Waals surface area contributed by atoms with Gasteiger partial charge >= 0.3 is 5.97 Å². The number of methoxy groups -OCH3 is 1. The summed E-state index contributed by atoms with van der Waals surface area (Å²) in [5.74, 6) is 0.0968. The van der Waals surface area contributed by atoms with Crippen molar-refractivity contribution >= 4 is 40.9 Å². The fourth-order valence-electron chi connectivity index (χ4n) is 2.92. The normalized spacial score (nSPS) is 11.0. The first-order valence-corrected chi connectivity index (χ1v) is 10.8. The Labute approximate surface area is 196 Å². The molecule has 0 amide bonds. The van der Waals surface area contributed by atoms with E-state index in [1.165, 1.54) is 4.68 Å². The minimum Gasteiger partial charge on any atom is -0.497 e. The van der Waals surface area contributed by atoms with Crippen LogP contribution in [0.4, 0.5) is 0 Å². The molecule has 0 saturated heterocycles. The fraction of sp³-hybridized carbons (Fsp3) is 0.150. The summed E-state index contributed by atoms with van der Waals surface area (Å²) >= 11 is 13.2. The molecule has 32 heavy (non-hydrogen) atoms. The summed E-state index contributed by atoms with van der Waals surface area (Å²) in [6, 6.07) is 12.6. The SMILES string of the molecule is COc1ccc(Cn2nnc(C(=O)O)c2Sc2nnc(-c3ccc(Cl)c(Cl)c3)n2C)cc1. The number of carbonyl (C=O) groups is 1. The molecule has 4 rings (SSSR count). The summed E-state index contributed by atoms with van der Waals surface area (Å²) in [5, 5.41) is 27.5. The highest BCUT2D eigenvalue weighted by atomic mass is 35.5. The van der Waals surface area contributed by atoms with Gasteiger partial charge < -0.3 is 14.4 Å². The van der Waals surface area contributed by atoms with Crippen molar-refractivity contribution in [1.29, 1.82) is 0 Å². The Balaban J connectivity index is 1.66. The standard InChI is InChI=1S/C20H16Cl2N6O3S/c1-27-17(12-5-8-14(21)15(22)9-12)24-25-20(27)32-18-16(19(29)30)23-26-28(18)10-11-3-6-13(31-2)7-4-11/h3-9H,10H2,1-2H3,(H,29,30). The molecule has 0 aliphatic rings. The minimum absolute atomic E-state index is 0.164. The van der Waals surface area contributed by atoms with Gasteiger partial charge in [-0.2, -0.15) is 0 Å². The molecule has 2 aromatic heterocycles. The van der Waals surface area contributed by atoms with Crippen LogP contribution in [0.5, 0.6) is 5.75 Å². The van der Waals surface area contributed by atoms with Gasteiger partial charge in [0.2, 0.25) is 5.69 Å². The van der Waals surface area contributed by atoms with Crippen molar-refractivity contribution < 1.29 is 14.6 Å². The second-order valence-electron chi connectivity index (χ2n) is 6.65. The van der Waals surface area contributed by atoms with Crippen molar-refractivity contribution in [3.63, 3.8) is 0 Å². The third kappa shape index (κ3) is 4.43. The lowest BCUT2D eigenvalue weighted by molar-refractivity contribution is 0.0686. The van der Waals surface area contributed by atoms with Crippen molar-refractivity contribution in [2.24, 2.45) is 7.05 Å². The molecule has 0 fully saturated rings. The number of rotatable bonds is 7. The van der Waals surface area contributed by atoms with Gasteiger partial charge in [0.05, 0.1) is 23.7 Å². The number of nitrogens with zero attached hydrogens (tertiary/aromatic N) is 6. The number of hydrogen-bond acceptors (Lipinski definition) is 7. The molecule has 0 saturated carbocycles. The van der Waals surface area contributed by atoms with Crippen LogP contribution in [-0.4, -0.2) is 47.9 Å². The van der Waals surface area contributed by atoms with E-state index in [9.17, 15) is 9.90 Å². The van der Waals surface area contributed by atoms with E-state index in [0.717, 1.165) is 28.6 Å². The van der Waals surface area contributed by atoms with Crippen LogP contribution in [0.15, 0.2) is 52.6 Å². The largest absolute Gasteiger partial charge is 0.497 e. The minimum atomic E-state index is -1.18. The van der Waals surface area contributed by atoms with Gasteiger partial charge in [-0.3, -0.25) is 0 Å². The topological polar surface area (TPSA) is 108 Å². The number of aromatic nitrogens is 6. The molecule has 12 heteroatoms. The molecule has 0 aliphatic carbocycles. The van der Waals surface area contributed by atoms with Gasteiger partial charge in [-0.05, 0) is 47.7 Å². The summed E-state index contributed by atoms with van der Waals surface area (Å²) in [7, 11) is 3.37. The summed E-state index contributed by atoms with van der Waals surface area (Å²) in [6.45, 7) is 0.324. The van der Waals surface area contributed by atoms with Crippen molar-refractivity contribution in [1.82, 2.24) is 29.8 Å². The highest BCUT2D eigenvalue weighted by Gasteiger charge is 2.23. The molecule has 0 aliphatic heterocycles. The zero-order valence-corrected chi connectivity index (χ0v) is 19.2. The Hall–Kier alpha value is -3.08. The average Bonchev–Trinajstić information content (AvgIpc) is 3.35. The maximum absolute atomic E-state index is 11.7. The van der Waals surface area contributed by atoms with Crippen molar-refractivity contribution in [2.45, 2.75) is 16.7 Å². The van der Waals surface area contributed by atoms with Crippen LogP contribution in [0.1, 0.15) is 16.1 Å². The molecule has 0 spiro atoms. The Morgan fingerprint density at radius 3 is 2.50 bits per heavy atom. The zero-order valence-electron chi connectivity index (χ0n) is 16.9. The second kappa shape index (κ2) is 9.19. The zero-order chi connectivity index (χ0) is 22.8. The molecule has 9 nitrogen and oxygen atoms in total. The van der Waals surface area contributed by atoms with Crippen LogP contribution >= 0.6 is 35.0 Å². The van der Waals surface area contributed by atoms with Crippen LogP contribution in [0, 0.1) is 0 Å². The predicted molar refractivity (Wildman–Crippen MR) is 120 cm³/mol. The lowest BCUT2D eigenvalue weighted by Crippen LogP contribution is -2.06. The third-order valence-corrected chi connectivity index (χ3v) is 6.46. The maximum Gasteiger partial charge on any atom is 0.359 e. The van der Waals surface area contributed by atoms with E-state index in [0.29, 0.717) is 32.6 Å². The van der Waals surface area contributed by atoms with Crippen LogP contribution in [0.25, 0.3) is 11.4 Å². The van der Waals surface area contributed by atoms with Gasteiger partial charge in [0.25, 0.3) is 0 Å². The molecule has 1 N–H and O–H groups in total. The van der Waals surface area contributed by atoms with Gasteiger partial charge in [-0.1, -0.05) is 40.5 Å². The molecule has 0 radical (unpaired) electrons. The van der Waals surface area contributed by atoms with E-state index in [1.807, 2.05) is 24.3 Å². The average molecular weight is 491 g/mol. The molecular formula is C20H16Cl2N6O3S. The fourth-order valence-corrected chi connectivity index (χ4v) is 4.13. The van der Waals surface area contributed by atoms with Crippen LogP contribution in [0.2, 0.25) is 10.0 Å². The molecule has 2 aromatic carbocycles. The van der Waals surface area contributed by atoms with E-state index in [-0.39, 0.29) is 5.69 Å². The first-order chi connectivity index (χ1) is 15.4. The summed E-state index contributed by atoms with van der Waals surface area (Å²) in [4.78, 5) is 11.7. The van der Waals surface area contributed by atoms with Crippen LogP contribution in [-0.2, 0) is 13.6 Å². The third-order valence-electron chi connectivity index (χ3n) is 4.58. The Bertz CT molecular complexity index is 1290. The van der Waals surface area contributed by atoms with E-state index in [4.69, 9.17) is 27.9 Å². The van der Waals surface area contributed by atoms with E-state index in [2.05, 4.69) is 20.5 Å². The number of benzene rings is 2. The van der Waals surface area contributed by atoms with Gasteiger partial charge in [0, 0.05) is 12.6 Å². The van der Waals surface area contributed by atoms with Gasteiger partial charge in [-0.15, -0.1) is 15.3 Å². The van der Waals surface area contributed by atoms with Crippen molar-refractivity contribution in [3.05, 3.63) is 63.8 Å².